The smallest absolute Gasteiger partial charge is 0.437 e. The number of methoxy groups -OCH3 is 1. The molecule has 7 rings (SSSR count). The van der Waals surface area contributed by atoms with Gasteiger partial charge in [-0.25, -0.2) is 14.6 Å². The van der Waals surface area contributed by atoms with Crippen molar-refractivity contribution in [2.45, 2.75) is 78.4 Å². The molecule has 62 heavy (non-hydrogen) atoms. The summed E-state index contributed by atoms with van der Waals surface area (Å²) in [7, 11) is 0.00985. The highest BCUT2D eigenvalue weighted by Gasteiger charge is 2.29. The first-order valence-corrected chi connectivity index (χ1v) is 25.3. The van der Waals surface area contributed by atoms with E-state index in [1.165, 1.54) is 29.8 Å². The van der Waals surface area contributed by atoms with E-state index in [4.69, 9.17) is 29.7 Å². The van der Waals surface area contributed by atoms with E-state index >= 15 is 0 Å². The summed E-state index contributed by atoms with van der Waals surface area (Å²) in [5, 5.41) is 14.8. The topological polar surface area (TPSA) is 189 Å². The second-order valence-electron chi connectivity index (χ2n) is 16.8. The molecule has 0 saturated heterocycles. The van der Waals surface area contributed by atoms with Gasteiger partial charge in [-0.05, 0) is 74.7 Å². The van der Waals surface area contributed by atoms with Crippen LogP contribution in [0.4, 0.5) is 15.7 Å². The number of nitrogen functional groups attached to an aromatic ring is 1. The van der Waals surface area contributed by atoms with Crippen molar-refractivity contribution >= 4 is 69.9 Å². The van der Waals surface area contributed by atoms with Gasteiger partial charge in [-0.3, -0.25) is 9.36 Å². The fraction of sp³-hybridized carbons (Fsp3) is 0.341. The van der Waals surface area contributed by atoms with Crippen LogP contribution in [0.2, 0.25) is 25.7 Å². The minimum atomic E-state index is -1.28. The van der Waals surface area contributed by atoms with Gasteiger partial charge in [-0.1, -0.05) is 78.7 Å². The third kappa shape index (κ3) is 9.81. The predicted octanol–water partition coefficient (Wildman–Crippen LogP) is 8.24. The van der Waals surface area contributed by atoms with Crippen molar-refractivity contribution in [3.8, 4) is 23.1 Å². The van der Waals surface area contributed by atoms with Gasteiger partial charge in [0.25, 0.3) is 5.91 Å². The molecule has 18 heteroatoms. The Hall–Kier alpha value is -6.13. The number of carbonyl (C=O) groups is 3. The molecule has 0 unspecified atom stereocenters. The predicted molar refractivity (Wildman–Crippen MR) is 241 cm³/mol. The number of aromatic nitrogens is 4. The number of thiazole rings is 2. The normalized spacial score (nSPS) is 13.2. The second-order valence-corrected chi connectivity index (χ2v) is 24.5. The van der Waals surface area contributed by atoms with Crippen LogP contribution in [0.25, 0.3) is 21.5 Å². The molecule has 1 amide bonds. The molecule has 4 heterocycles. The maximum absolute atomic E-state index is 14.1. The minimum Gasteiger partial charge on any atom is -0.488 e. The van der Waals surface area contributed by atoms with E-state index in [0.29, 0.717) is 64.5 Å². The summed E-state index contributed by atoms with van der Waals surface area (Å²) in [5.74, 6) is -0.709. The Kier molecular flexibility index (Phi) is 12.8. The van der Waals surface area contributed by atoms with Gasteiger partial charge >= 0.3 is 12.1 Å². The number of ether oxygens (including phenoxy) is 4. The summed E-state index contributed by atoms with van der Waals surface area (Å²) < 4.78 is 26.7. The Labute approximate surface area is 368 Å². The van der Waals surface area contributed by atoms with Crippen molar-refractivity contribution in [1.29, 1.82) is 5.26 Å². The molecule has 0 radical (unpaired) electrons. The molecule has 1 aliphatic heterocycles. The zero-order valence-electron chi connectivity index (χ0n) is 35.7. The van der Waals surface area contributed by atoms with Gasteiger partial charge in [0.15, 0.2) is 21.4 Å². The lowest BCUT2D eigenvalue weighted by Gasteiger charge is -2.29. The molecular formula is C44H48N8O7S2Si. The summed E-state index contributed by atoms with van der Waals surface area (Å²) in [4.78, 5) is 52.5. The van der Waals surface area contributed by atoms with Crippen LogP contribution < -0.4 is 20.2 Å². The van der Waals surface area contributed by atoms with Gasteiger partial charge in [0.05, 0.1) is 22.2 Å². The maximum Gasteiger partial charge on any atom is 0.437 e. The number of nitrogens with two attached hydrogens (primary N) is 1. The highest BCUT2D eigenvalue weighted by atomic mass is 32.1. The van der Waals surface area contributed by atoms with Crippen LogP contribution >= 0.6 is 22.7 Å². The SMILES string of the molecule is COC(=O)c1nc(N2CCc3cccc(C(=O)N=c4sc5ccccc5n4COCC[Si](C)(C)C)c3C2)sc1COc1cccc(-c2nn(C(=O)OC(C)(C)C)c(N)c2C#N)c1. The van der Waals surface area contributed by atoms with E-state index in [-0.39, 0.29) is 35.3 Å². The first kappa shape index (κ1) is 43.9. The third-order valence-corrected chi connectivity index (χ3v) is 13.8. The molecule has 3 aromatic heterocycles. The molecule has 6 aromatic rings. The molecule has 0 atom stereocenters. The number of anilines is 2. The molecule has 3 aromatic carbocycles. The minimum absolute atomic E-state index is 0.0104. The monoisotopic (exact) mass is 892 g/mol. The number of esters is 1. The maximum atomic E-state index is 14.1. The van der Waals surface area contributed by atoms with E-state index in [0.717, 1.165) is 32.1 Å². The van der Waals surface area contributed by atoms with Crippen LogP contribution in [0, 0.1) is 11.3 Å². The van der Waals surface area contributed by atoms with Crippen LogP contribution in [0.5, 0.6) is 5.75 Å². The van der Waals surface area contributed by atoms with Crippen molar-refractivity contribution in [3.05, 3.63) is 104 Å². The first-order valence-electron chi connectivity index (χ1n) is 20.0. The Morgan fingerprint density at radius 2 is 1.81 bits per heavy atom. The lowest BCUT2D eigenvalue weighted by molar-refractivity contribution is 0.0517. The summed E-state index contributed by atoms with van der Waals surface area (Å²) >= 11 is 2.75. The van der Waals surface area contributed by atoms with Crippen molar-refractivity contribution in [2.24, 2.45) is 4.99 Å². The van der Waals surface area contributed by atoms with Crippen LogP contribution in [0.1, 0.15) is 63.2 Å². The zero-order chi connectivity index (χ0) is 44.3. The highest BCUT2D eigenvalue weighted by molar-refractivity contribution is 7.16. The number of nitriles is 1. The molecule has 0 fully saturated rings. The summed E-state index contributed by atoms with van der Waals surface area (Å²) in [5.41, 5.74) is 9.49. The third-order valence-electron chi connectivity index (χ3n) is 9.92. The molecule has 0 spiro atoms. The average Bonchev–Trinajstić information content (AvgIpc) is 3.93. The number of benzene rings is 3. The highest BCUT2D eigenvalue weighted by Crippen LogP contribution is 2.34. The largest absolute Gasteiger partial charge is 0.488 e. The van der Waals surface area contributed by atoms with Crippen LogP contribution in [0.3, 0.4) is 0 Å². The van der Waals surface area contributed by atoms with E-state index in [9.17, 15) is 19.6 Å². The zero-order valence-corrected chi connectivity index (χ0v) is 38.3. The lowest BCUT2D eigenvalue weighted by Crippen LogP contribution is -2.31. The van der Waals surface area contributed by atoms with E-state index in [1.54, 1.807) is 51.1 Å². The van der Waals surface area contributed by atoms with E-state index < -0.39 is 25.7 Å². The van der Waals surface area contributed by atoms with Crippen molar-refractivity contribution in [2.75, 3.05) is 30.9 Å². The summed E-state index contributed by atoms with van der Waals surface area (Å²) in [6.07, 6.45) is -0.166. The Balaban J connectivity index is 1.12. The second kappa shape index (κ2) is 18.1. The number of hydrogen-bond acceptors (Lipinski definition) is 14. The molecule has 0 saturated carbocycles. The van der Waals surface area contributed by atoms with Gasteiger partial charge in [0, 0.05) is 38.9 Å². The number of amides is 1. The van der Waals surface area contributed by atoms with Crippen molar-refractivity contribution in [1.82, 2.24) is 19.3 Å². The number of hydrogen-bond donors (Lipinski definition) is 1. The lowest BCUT2D eigenvalue weighted by atomic mass is 9.95. The van der Waals surface area contributed by atoms with E-state index in [2.05, 4.69) is 29.7 Å². The Morgan fingerprint density at radius 3 is 2.55 bits per heavy atom. The van der Waals surface area contributed by atoms with Crippen LogP contribution in [-0.4, -0.2) is 71.2 Å². The number of fused-ring (bicyclic) bond motifs is 2. The van der Waals surface area contributed by atoms with Crippen molar-refractivity contribution in [3.63, 3.8) is 0 Å². The Morgan fingerprint density at radius 1 is 1.03 bits per heavy atom. The van der Waals surface area contributed by atoms with Gasteiger partial charge in [-0.15, -0.1) is 4.68 Å². The number of para-hydroxylation sites is 1. The van der Waals surface area contributed by atoms with Gasteiger partial charge in [0.2, 0.25) is 0 Å². The first-order chi connectivity index (χ1) is 29.5. The molecular weight excluding hydrogens is 845 g/mol. The number of nitrogens with zero attached hydrogens (tertiary/aromatic N) is 7. The van der Waals surface area contributed by atoms with Gasteiger partial charge in [-0.2, -0.15) is 15.4 Å². The summed E-state index contributed by atoms with van der Waals surface area (Å²) in [6, 6.07) is 23.6. The molecule has 2 N–H and O–H groups in total. The molecule has 0 aliphatic carbocycles. The Bertz CT molecular complexity index is 2790. The summed E-state index contributed by atoms with van der Waals surface area (Å²) in [6.45, 7) is 14.0. The fourth-order valence-electron chi connectivity index (χ4n) is 6.76. The fourth-order valence-corrected chi connectivity index (χ4v) is 9.51. The number of carbonyl (C=O) groups excluding carboxylic acids is 3. The molecule has 322 valence electrons. The molecule has 0 bridgehead atoms. The standard InChI is InChI=1S/C44H48N8O7S2Si/c1-44(2,3)59-43(55)52-38(46)31(23-45)36(49-52)28-13-10-14-29(22-28)58-25-35-37(40(54)56-4)47-41(61-35)50-19-18-27-12-11-15-30(32(27)24-50)39(53)48-42-51(26-57-20-21-62(5,6)7)33-16-8-9-17-34(33)60-42/h8-17,22H,18-21,24-26,46H2,1-7H3. The van der Waals surface area contributed by atoms with Crippen LogP contribution in [-0.2, 0) is 40.5 Å². The average molecular weight is 893 g/mol. The molecule has 1 aliphatic rings. The van der Waals surface area contributed by atoms with Crippen LogP contribution in [0.15, 0.2) is 71.7 Å². The molecule has 15 nitrogen and oxygen atoms in total. The quantitative estimate of drug-likeness (QED) is 0.0705. The number of rotatable bonds is 12. The van der Waals surface area contributed by atoms with Gasteiger partial charge in [0.1, 0.15) is 42.0 Å². The van der Waals surface area contributed by atoms with E-state index in [1.807, 2.05) is 51.9 Å². The van der Waals surface area contributed by atoms with Gasteiger partial charge < -0.3 is 29.6 Å². The van der Waals surface area contributed by atoms with Crippen molar-refractivity contribution < 1.29 is 33.3 Å².